The molecule has 0 unspecified atom stereocenters. The molecular weight excluding hydrogens is 433 g/mol. The van der Waals surface area contributed by atoms with Crippen molar-refractivity contribution in [2.75, 3.05) is 37.0 Å². The minimum Gasteiger partial charge on any atom is -0.317 e. The van der Waals surface area contributed by atoms with Gasteiger partial charge in [0.05, 0.1) is 0 Å². The Balaban J connectivity index is 3.84. The van der Waals surface area contributed by atoms with Crippen LogP contribution >= 0.6 is 21.4 Å². The first-order chi connectivity index (χ1) is 14.2. The zero-order chi connectivity index (χ0) is 22.8. The van der Waals surface area contributed by atoms with Crippen molar-refractivity contribution >= 4 is 37.9 Å². The Morgan fingerprint density at radius 2 is 0.800 bits per heavy atom. The highest BCUT2D eigenvalue weighted by Gasteiger charge is 2.35. The fourth-order valence-electron chi connectivity index (χ4n) is 4.17. The van der Waals surface area contributed by atoms with Gasteiger partial charge in [-0.25, -0.2) is 9.97 Å². The Morgan fingerprint density at radius 3 is 1.07 bits per heavy atom. The molecule has 5 nitrogen and oxygen atoms in total. The van der Waals surface area contributed by atoms with Crippen LogP contribution in [-0.2, 0) is 13.7 Å². The second-order valence-electron chi connectivity index (χ2n) is 8.39. The molecule has 0 saturated carbocycles. The van der Waals surface area contributed by atoms with Crippen molar-refractivity contribution in [3.63, 3.8) is 0 Å². The quantitative estimate of drug-likeness (QED) is 0.295. The maximum absolute atomic E-state index is 13.9. The summed E-state index contributed by atoms with van der Waals surface area (Å²) in [6.07, 6.45) is 8.16. The summed E-state index contributed by atoms with van der Waals surface area (Å²) in [6, 6.07) is 1.77. The van der Waals surface area contributed by atoms with E-state index in [4.69, 9.17) is 9.97 Å². The van der Waals surface area contributed by atoms with E-state index >= 15 is 0 Å². The molecule has 0 fully saturated rings. The summed E-state index contributed by atoms with van der Waals surface area (Å²) in [6.45, 7) is 12.2. The molecule has 0 aliphatic heterocycles. The minimum atomic E-state index is -2.80. The van der Waals surface area contributed by atoms with Crippen molar-refractivity contribution in [1.82, 2.24) is 9.97 Å². The zero-order valence-electron chi connectivity index (χ0n) is 20.0. The molecule has 30 heavy (non-hydrogen) atoms. The van der Waals surface area contributed by atoms with Gasteiger partial charge in [-0.3, -0.25) is 0 Å². The predicted octanol–water partition coefficient (Wildman–Crippen LogP) is 5.90. The van der Waals surface area contributed by atoms with E-state index in [2.05, 4.69) is 0 Å². The van der Waals surface area contributed by atoms with Crippen molar-refractivity contribution in [3.8, 4) is 0 Å². The van der Waals surface area contributed by atoms with Gasteiger partial charge >= 0.3 is 0 Å². The van der Waals surface area contributed by atoms with Crippen molar-refractivity contribution in [1.29, 1.82) is 0 Å². The lowest BCUT2D eigenvalue weighted by atomic mass is 10.6. The molecule has 1 aromatic rings. The topological polar surface area (TPSA) is 77.0 Å². The van der Waals surface area contributed by atoms with Crippen molar-refractivity contribution in [3.05, 3.63) is 6.07 Å². The highest BCUT2D eigenvalue weighted by atomic mass is 31.2. The van der Waals surface area contributed by atoms with Gasteiger partial charge in [0.1, 0.15) is 25.2 Å². The molecule has 1 rings (SSSR count). The van der Waals surface area contributed by atoms with Crippen LogP contribution in [-0.4, -0.2) is 46.9 Å². The Bertz CT molecular complexity index is 664. The molecule has 0 aliphatic carbocycles. The van der Waals surface area contributed by atoms with E-state index in [1.165, 1.54) is 0 Å². The predicted molar refractivity (Wildman–Crippen MR) is 135 cm³/mol. The fraction of sp³-hybridized carbons (Fsp3) is 0.818. The second-order valence-corrected chi connectivity index (χ2v) is 17.7. The summed E-state index contributed by atoms with van der Waals surface area (Å²) >= 11 is 0. The number of aromatic nitrogens is 2. The summed E-state index contributed by atoms with van der Waals surface area (Å²) in [5.74, 6) is 0. The summed E-state index contributed by atoms with van der Waals surface area (Å²) in [5, 5.41) is 0. The van der Waals surface area contributed by atoms with Gasteiger partial charge in [0.15, 0.2) is 12.7 Å². The number of hydrogen-bond acceptors (Lipinski definition) is 5. The van der Waals surface area contributed by atoms with Gasteiger partial charge in [-0.2, -0.15) is 0 Å². The maximum atomic E-state index is 13.9. The SMILES string of the molecule is CCCP(=O)(CCC)c1cc(P(=O)(CCC)CCC)nc(P(=O)(CCC)CCC)n1. The van der Waals surface area contributed by atoms with E-state index in [1.54, 1.807) is 6.07 Å². The minimum absolute atomic E-state index is 0.332. The van der Waals surface area contributed by atoms with Gasteiger partial charge in [0.25, 0.3) is 0 Å². The highest BCUT2D eigenvalue weighted by molar-refractivity contribution is 7.73. The van der Waals surface area contributed by atoms with Crippen LogP contribution in [0.15, 0.2) is 6.07 Å². The largest absolute Gasteiger partial charge is 0.317 e. The van der Waals surface area contributed by atoms with Crippen LogP contribution in [0, 0.1) is 0 Å². The first kappa shape index (κ1) is 27.8. The monoisotopic (exact) mass is 476 g/mol. The summed E-state index contributed by atoms with van der Waals surface area (Å²) < 4.78 is 41.8. The molecule has 0 radical (unpaired) electrons. The summed E-state index contributed by atoms with van der Waals surface area (Å²) in [7, 11) is -8.27. The lowest BCUT2D eigenvalue weighted by molar-refractivity contribution is 0.577. The van der Waals surface area contributed by atoms with E-state index in [9.17, 15) is 13.7 Å². The Morgan fingerprint density at radius 1 is 0.533 bits per heavy atom. The van der Waals surface area contributed by atoms with Crippen LogP contribution in [0.2, 0.25) is 0 Å². The number of nitrogens with zero attached hydrogens (tertiary/aromatic N) is 2. The maximum Gasteiger partial charge on any atom is 0.190 e. The molecular formula is C22H43N2O3P3. The molecule has 0 aliphatic rings. The molecule has 174 valence electrons. The molecule has 0 saturated heterocycles. The molecule has 0 aromatic carbocycles. The summed E-state index contributed by atoms with van der Waals surface area (Å²) in [5.41, 5.74) is 1.37. The van der Waals surface area contributed by atoms with Crippen molar-refractivity contribution in [2.45, 2.75) is 80.1 Å². The first-order valence-electron chi connectivity index (χ1n) is 11.8. The van der Waals surface area contributed by atoms with Crippen LogP contribution < -0.4 is 16.4 Å². The van der Waals surface area contributed by atoms with Crippen LogP contribution in [0.1, 0.15) is 80.1 Å². The van der Waals surface area contributed by atoms with Crippen molar-refractivity contribution in [2.24, 2.45) is 0 Å². The van der Waals surface area contributed by atoms with Gasteiger partial charge in [-0.15, -0.1) is 0 Å². The average molecular weight is 477 g/mol. The van der Waals surface area contributed by atoms with Gasteiger partial charge in [-0.05, 0) is 44.6 Å². The Kier molecular flexibility index (Phi) is 11.8. The molecule has 0 N–H and O–H groups in total. The van der Waals surface area contributed by atoms with Crippen LogP contribution in [0.4, 0.5) is 0 Å². The first-order valence-corrected chi connectivity index (χ1v) is 18.1. The molecule has 1 heterocycles. The second kappa shape index (κ2) is 12.7. The van der Waals surface area contributed by atoms with Gasteiger partial charge in [0, 0.05) is 37.0 Å². The molecule has 0 spiro atoms. The zero-order valence-corrected chi connectivity index (χ0v) is 22.7. The Hall–Kier alpha value is -0.230. The van der Waals surface area contributed by atoms with Crippen molar-refractivity contribution < 1.29 is 13.7 Å². The summed E-state index contributed by atoms with van der Waals surface area (Å²) in [4.78, 5) is 9.45. The third-order valence-electron chi connectivity index (χ3n) is 5.40. The van der Waals surface area contributed by atoms with Crippen LogP contribution in [0.3, 0.4) is 0 Å². The van der Waals surface area contributed by atoms with E-state index in [0.717, 1.165) is 38.5 Å². The smallest absolute Gasteiger partial charge is 0.190 e. The van der Waals surface area contributed by atoms with Gasteiger partial charge in [0.2, 0.25) is 0 Å². The normalized spacial score (nSPS) is 13.0. The van der Waals surface area contributed by atoms with Gasteiger partial charge in [-0.1, -0.05) is 41.5 Å². The number of hydrogen-bond donors (Lipinski definition) is 0. The van der Waals surface area contributed by atoms with E-state index in [0.29, 0.717) is 53.4 Å². The average Bonchev–Trinajstić information content (AvgIpc) is 2.69. The molecule has 8 heteroatoms. The lowest BCUT2D eigenvalue weighted by Gasteiger charge is -2.24. The molecule has 1 aromatic heterocycles. The third kappa shape index (κ3) is 6.88. The molecule has 0 atom stereocenters. The van der Waals surface area contributed by atoms with Crippen LogP contribution in [0.25, 0.3) is 0 Å². The van der Waals surface area contributed by atoms with E-state index in [1.807, 2.05) is 41.5 Å². The molecule has 0 amide bonds. The standard InChI is InChI=1S/C22H43N2O3P3/c1-7-13-28(25,14-8-2)20-19-21(29(26,15-9-3)16-10-4)24-22(23-20)30(27,17-11-5)18-12-6/h19H,7-18H2,1-6H3. The number of rotatable bonds is 15. The van der Waals surface area contributed by atoms with E-state index in [-0.39, 0.29) is 0 Å². The molecule has 0 bridgehead atoms. The third-order valence-corrected chi connectivity index (χ3v) is 15.5. The lowest BCUT2D eigenvalue weighted by Crippen LogP contribution is -2.34. The van der Waals surface area contributed by atoms with E-state index < -0.39 is 21.4 Å². The fourth-order valence-corrected chi connectivity index (χ4v) is 12.6. The Labute approximate surface area is 184 Å². The van der Waals surface area contributed by atoms with Crippen LogP contribution in [0.5, 0.6) is 0 Å². The highest BCUT2D eigenvalue weighted by Crippen LogP contribution is 2.50. The van der Waals surface area contributed by atoms with Gasteiger partial charge < -0.3 is 13.7 Å².